The van der Waals surface area contributed by atoms with E-state index in [0.29, 0.717) is 6.42 Å². The Kier molecular flexibility index (Phi) is 6.15. The summed E-state index contributed by atoms with van der Waals surface area (Å²) < 4.78 is 30.7. The molecular formula is C23H30N2O6S. The maximum Gasteiger partial charge on any atom is 0.306 e. The highest BCUT2D eigenvalue weighted by Gasteiger charge is 2.51. The highest BCUT2D eigenvalue weighted by atomic mass is 32.2. The van der Waals surface area contributed by atoms with Crippen molar-refractivity contribution in [3.8, 4) is 0 Å². The number of sulfonamides is 1. The zero-order valence-corrected chi connectivity index (χ0v) is 19.3. The summed E-state index contributed by atoms with van der Waals surface area (Å²) in [5.41, 5.74) is 0.0532. The van der Waals surface area contributed by atoms with Gasteiger partial charge in [-0.05, 0) is 79.9 Å². The summed E-state index contributed by atoms with van der Waals surface area (Å²) in [5, 5.41) is 2.16. The number of hydrogen-bond acceptors (Lipinski definition) is 6. The lowest BCUT2D eigenvalue weighted by Crippen LogP contribution is -2.47. The second kappa shape index (κ2) is 8.59. The van der Waals surface area contributed by atoms with E-state index < -0.39 is 34.4 Å². The first-order chi connectivity index (χ1) is 15.1. The normalized spacial score (nSPS) is 28.5. The largest absolute Gasteiger partial charge is 0.456 e. The zero-order valence-electron chi connectivity index (χ0n) is 18.5. The summed E-state index contributed by atoms with van der Waals surface area (Å²) in [6, 6.07) is 5.43. The van der Waals surface area contributed by atoms with E-state index in [4.69, 9.17) is 4.74 Å². The number of esters is 1. The van der Waals surface area contributed by atoms with Crippen LogP contribution in [0.1, 0.15) is 55.3 Å². The molecule has 0 aromatic heterocycles. The van der Waals surface area contributed by atoms with Gasteiger partial charge in [0.2, 0.25) is 10.0 Å². The smallest absolute Gasteiger partial charge is 0.306 e. The first kappa shape index (κ1) is 22.9. The Labute approximate surface area is 188 Å². The van der Waals surface area contributed by atoms with Gasteiger partial charge in [0.15, 0.2) is 6.61 Å². The van der Waals surface area contributed by atoms with Crippen LogP contribution in [-0.4, -0.2) is 51.2 Å². The molecule has 0 aliphatic heterocycles. The number of nitrogens with zero attached hydrogens (tertiary/aromatic N) is 1. The van der Waals surface area contributed by atoms with Gasteiger partial charge in [-0.15, -0.1) is 0 Å². The van der Waals surface area contributed by atoms with E-state index in [1.165, 1.54) is 57.6 Å². The summed E-state index contributed by atoms with van der Waals surface area (Å²) >= 11 is 0. The Balaban J connectivity index is 1.29. The zero-order chi connectivity index (χ0) is 23.1. The van der Waals surface area contributed by atoms with Gasteiger partial charge in [0.25, 0.3) is 11.8 Å². The molecule has 174 valence electrons. The van der Waals surface area contributed by atoms with Gasteiger partial charge in [-0.1, -0.05) is 6.07 Å². The molecule has 4 saturated carbocycles. The third-order valence-corrected chi connectivity index (χ3v) is 8.99. The molecule has 2 amide bonds. The number of carbonyl (C=O) groups excluding carboxylic acids is 3. The van der Waals surface area contributed by atoms with E-state index >= 15 is 0 Å². The van der Waals surface area contributed by atoms with Gasteiger partial charge in [-0.3, -0.25) is 19.7 Å². The van der Waals surface area contributed by atoms with E-state index in [-0.39, 0.29) is 15.9 Å². The summed E-state index contributed by atoms with van der Waals surface area (Å²) in [6.07, 6.45) is 7.42. The van der Waals surface area contributed by atoms with Crippen LogP contribution in [-0.2, 0) is 24.3 Å². The fourth-order valence-corrected chi connectivity index (χ4v) is 7.20. The molecule has 0 atom stereocenters. The highest BCUT2D eigenvalue weighted by Crippen LogP contribution is 2.61. The van der Waals surface area contributed by atoms with Crippen LogP contribution < -0.4 is 5.32 Å². The lowest BCUT2D eigenvalue weighted by atomic mass is 9.49. The molecule has 32 heavy (non-hydrogen) atoms. The van der Waals surface area contributed by atoms with Crippen molar-refractivity contribution in [1.29, 1.82) is 0 Å². The van der Waals surface area contributed by atoms with Crippen molar-refractivity contribution < 1.29 is 27.5 Å². The molecule has 5 rings (SSSR count). The maximum absolute atomic E-state index is 12.4. The minimum absolute atomic E-state index is 0.0243. The lowest BCUT2D eigenvalue weighted by molar-refractivity contribution is -0.155. The second-order valence-corrected chi connectivity index (χ2v) is 12.1. The third-order valence-electron chi connectivity index (χ3n) is 7.18. The van der Waals surface area contributed by atoms with Crippen molar-refractivity contribution in [2.45, 2.75) is 49.8 Å². The molecule has 8 nitrogen and oxygen atoms in total. The topological polar surface area (TPSA) is 110 Å². The van der Waals surface area contributed by atoms with E-state index in [2.05, 4.69) is 5.32 Å². The number of ether oxygens (including phenoxy) is 1. The average Bonchev–Trinajstić information content (AvgIpc) is 2.71. The Morgan fingerprint density at radius 2 is 1.66 bits per heavy atom. The fourth-order valence-electron chi connectivity index (χ4n) is 6.25. The minimum atomic E-state index is -3.71. The minimum Gasteiger partial charge on any atom is -0.456 e. The molecular weight excluding hydrogens is 432 g/mol. The van der Waals surface area contributed by atoms with Gasteiger partial charge in [-0.25, -0.2) is 12.7 Å². The van der Waals surface area contributed by atoms with Crippen LogP contribution in [0, 0.1) is 23.2 Å². The van der Waals surface area contributed by atoms with Crippen molar-refractivity contribution in [3.05, 3.63) is 29.8 Å². The van der Waals surface area contributed by atoms with Crippen molar-refractivity contribution >= 4 is 27.8 Å². The van der Waals surface area contributed by atoms with E-state index in [9.17, 15) is 22.8 Å². The molecule has 0 saturated heterocycles. The van der Waals surface area contributed by atoms with E-state index in [1.54, 1.807) is 0 Å². The van der Waals surface area contributed by atoms with Gasteiger partial charge in [0, 0.05) is 19.7 Å². The summed E-state index contributed by atoms with van der Waals surface area (Å²) in [7, 11) is -0.922. The number of hydrogen-bond donors (Lipinski definition) is 1. The first-order valence-corrected chi connectivity index (χ1v) is 12.5. The lowest BCUT2D eigenvalue weighted by Gasteiger charge is -2.56. The molecule has 4 bridgehead atoms. The summed E-state index contributed by atoms with van der Waals surface area (Å²) in [6.45, 7) is -0.535. The standard InChI is InChI=1S/C23H30N2O6S/c1-25(2)32(29,30)19-5-3-4-18(9-19)22(28)24-20(26)14-31-21(27)13-23-10-15-6-16(11-23)8-17(7-15)12-23/h3-5,9,15-17H,6-8,10-14H2,1-2H3,(H,24,26,28). The molecule has 9 heteroatoms. The number of rotatable bonds is 7. The van der Waals surface area contributed by atoms with Gasteiger partial charge in [0.1, 0.15) is 0 Å². The first-order valence-electron chi connectivity index (χ1n) is 11.1. The predicted molar refractivity (Wildman–Crippen MR) is 116 cm³/mol. The molecule has 0 heterocycles. The summed E-state index contributed by atoms with van der Waals surface area (Å²) in [4.78, 5) is 36.9. The monoisotopic (exact) mass is 462 g/mol. The summed E-state index contributed by atoms with van der Waals surface area (Å²) in [5.74, 6) is 0.289. The third kappa shape index (κ3) is 4.73. The van der Waals surface area contributed by atoms with E-state index in [1.807, 2.05) is 0 Å². The van der Waals surface area contributed by atoms with Crippen LogP contribution in [0.2, 0.25) is 0 Å². The Morgan fingerprint density at radius 1 is 1.06 bits per heavy atom. The predicted octanol–water partition coefficient (Wildman–Crippen LogP) is 2.34. The van der Waals surface area contributed by atoms with Gasteiger partial charge < -0.3 is 4.74 Å². The van der Waals surface area contributed by atoms with Crippen LogP contribution >= 0.6 is 0 Å². The van der Waals surface area contributed by atoms with Gasteiger partial charge >= 0.3 is 5.97 Å². The molecule has 0 unspecified atom stereocenters. The van der Waals surface area contributed by atoms with Crippen LogP contribution in [0.15, 0.2) is 29.2 Å². The van der Waals surface area contributed by atoms with Crippen molar-refractivity contribution in [2.24, 2.45) is 23.2 Å². The molecule has 1 aromatic carbocycles. The number of benzene rings is 1. The average molecular weight is 463 g/mol. The Morgan fingerprint density at radius 3 is 2.22 bits per heavy atom. The molecule has 0 radical (unpaired) electrons. The van der Waals surface area contributed by atoms with Gasteiger partial charge in [0.05, 0.1) is 11.3 Å². The van der Waals surface area contributed by atoms with Crippen molar-refractivity contribution in [1.82, 2.24) is 9.62 Å². The van der Waals surface area contributed by atoms with Crippen molar-refractivity contribution in [2.75, 3.05) is 20.7 Å². The second-order valence-electron chi connectivity index (χ2n) is 9.95. The SMILES string of the molecule is CN(C)S(=O)(=O)c1cccc(C(=O)NC(=O)COC(=O)CC23CC4CC(CC(C4)C2)C3)c1. The van der Waals surface area contributed by atoms with Crippen LogP contribution in [0.5, 0.6) is 0 Å². The van der Waals surface area contributed by atoms with Crippen LogP contribution in [0.3, 0.4) is 0 Å². The molecule has 4 aliphatic carbocycles. The Bertz CT molecular complexity index is 997. The quantitative estimate of drug-likeness (QED) is 0.623. The Hall–Kier alpha value is -2.26. The molecule has 4 aliphatic rings. The van der Waals surface area contributed by atoms with Crippen molar-refractivity contribution in [3.63, 3.8) is 0 Å². The number of carbonyl (C=O) groups is 3. The number of nitrogens with one attached hydrogen (secondary N) is 1. The highest BCUT2D eigenvalue weighted by molar-refractivity contribution is 7.89. The van der Waals surface area contributed by atoms with E-state index in [0.717, 1.165) is 41.3 Å². The van der Waals surface area contributed by atoms with Crippen LogP contribution in [0.25, 0.3) is 0 Å². The molecule has 0 spiro atoms. The molecule has 1 N–H and O–H groups in total. The number of imide groups is 1. The van der Waals surface area contributed by atoms with Crippen LogP contribution in [0.4, 0.5) is 0 Å². The maximum atomic E-state index is 12.4. The molecule has 4 fully saturated rings. The fraction of sp³-hybridized carbons (Fsp3) is 0.609. The number of amides is 2. The van der Waals surface area contributed by atoms with Gasteiger partial charge in [-0.2, -0.15) is 0 Å². The molecule has 1 aromatic rings.